The predicted octanol–water partition coefficient (Wildman–Crippen LogP) is 3.01. The largest absolute Gasteiger partial charge is 0.481 e. The maximum Gasteiger partial charge on any atom is 0.340 e. The summed E-state index contributed by atoms with van der Waals surface area (Å²) in [5.41, 5.74) is 2.96. The molecule has 148 valence electrons. The van der Waals surface area contributed by atoms with Crippen molar-refractivity contribution in [3.05, 3.63) is 47.0 Å². The number of ether oxygens (including phenoxy) is 2. The smallest absolute Gasteiger partial charge is 0.340 e. The SMILES string of the molecule is COc1ccc(C(=O)N2CCCN2C(=O)Nc2c(C)cccc2C)c(OC)n1. The molecule has 0 radical (unpaired) electrons. The van der Waals surface area contributed by atoms with Gasteiger partial charge in [0.15, 0.2) is 0 Å². The van der Waals surface area contributed by atoms with Crippen LogP contribution in [-0.2, 0) is 0 Å². The van der Waals surface area contributed by atoms with E-state index in [9.17, 15) is 9.59 Å². The Morgan fingerprint density at radius 3 is 2.32 bits per heavy atom. The number of hydrazine groups is 1. The molecule has 2 aromatic rings. The van der Waals surface area contributed by atoms with Crippen LogP contribution in [0.3, 0.4) is 0 Å². The summed E-state index contributed by atoms with van der Waals surface area (Å²) < 4.78 is 10.3. The molecule has 1 saturated heterocycles. The summed E-state index contributed by atoms with van der Waals surface area (Å²) in [4.78, 5) is 30.1. The van der Waals surface area contributed by atoms with Crippen LogP contribution in [0.2, 0.25) is 0 Å². The number of hydrogen-bond acceptors (Lipinski definition) is 5. The van der Waals surface area contributed by atoms with Crippen molar-refractivity contribution >= 4 is 17.6 Å². The molecule has 0 spiro atoms. The number of aromatic nitrogens is 1. The Balaban J connectivity index is 1.83. The van der Waals surface area contributed by atoms with Crippen LogP contribution < -0.4 is 14.8 Å². The number of nitrogens with one attached hydrogen (secondary N) is 1. The first-order chi connectivity index (χ1) is 13.5. The monoisotopic (exact) mass is 384 g/mol. The zero-order valence-corrected chi connectivity index (χ0v) is 16.5. The van der Waals surface area contributed by atoms with Gasteiger partial charge in [-0.1, -0.05) is 18.2 Å². The summed E-state index contributed by atoms with van der Waals surface area (Å²) in [6.45, 7) is 4.76. The van der Waals surface area contributed by atoms with Crippen molar-refractivity contribution in [1.82, 2.24) is 15.0 Å². The molecular formula is C20H24N4O4. The number of carbonyl (C=O) groups is 2. The lowest BCUT2D eigenvalue weighted by Crippen LogP contribution is -2.47. The van der Waals surface area contributed by atoms with Gasteiger partial charge < -0.3 is 14.8 Å². The molecule has 0 atom stereocenters. The minimum Gasteiger partial charge on any atom is -0.481 e. The van der Waals surface area contributed by atoms with Crippen molar-refractivity contribution in [2.24, 2.45) is 0 Å². The number of aryl methyl sites for hydroxylation is 2. The van der Waals surface area contributed by atoms with E-state index in [1.807, 2.05) is 32.0 Å². The quantitative estimate of drug-likeness (QED) is 0.876. The highest BCUT2D eigenvalue weighted by atomic mass is 16.5. The molecule has 1 aromatic heterocycles. The fraction of sp³-hybridized carbons (Fsp3) is 0.350. The summed E-state index contributed by atoms with van der Waals surface area (Å²) in [5, 5.41) is 5.78. The molecule has 8 nitrogen and oxygen atoms in total. The van der Waals surface area contributed by atoms with Crippen molar-refractivity contribution in [3.8, 4) is 11.8 Å². The van der Waals surface area contributed by atoms with Crippen LogP contribution in [0.25, 0.3) is 0 Å². The van der Waals surface area contributed by atoms with E-state index >= 15 is 0 Å². The van der Waals surface area contributed by atoms with E-state index in [4.69, 9.17) is 9.47 Å². The molecule has 0 saturated carbocycles. The first-order valence-corrected chi connectivity index (χ1v) is 9.01. The van der Waals surface area contributed by atoms with Crippen molar-refractivity contribution < 1.29 is 19.1 Å². The van der Waals surface area contributed by atoms with Gasteiger partial charge in [-0.25, -0.2) is 14.8 Å². The summed E-state index contributed by atoms with van der Waals surface area (Å²) in [5.74, 6) is 0.159. The lowest BCUT2D eigenvalue weighted by Gasteiger charge is -2.28. The Kier molecular flexibility index (Phi) is 5.67. The Labute approximate surface area is 164 Å². The first kappa shape index (κ1) is 19.5. The summed E-state index contributed by atoms with van der Waals surface area (Å²) in [6.07, 6.45) is 0.692. The highest BCUT2D eigenvalue weighted by Crippen LogP contribution is 2.25. The number of urea groups is 1. The molecule has 1 N–H and O–H groups in total. The van der Waals surface area contributed by atoms with E-state index in [1.165, 1.54) is 24.2 Å². The maximum atomic E-state index is 13.1. The van der Waals surface area contributed by atoms with Crippen LogP contribution in [0.4, 0.5) is 10.5 Å². The normalized spacial score (nSPS) is 13.4. The molecule has 2 heterocycles. The number of para-hydroxylation sites is 1. The van der Waals surface area contributed by atoms with Gasteiger partial charge in [0.1, 0.15) is 5.56 Å². The number of rotatable bonds is 4. The predicted molar refractivity (Wildman–Crippen MR) is 105 cm³/mol. The summed E-state index contributed by atoms with van der Waals surface area (Å²) in [7, 11) is 2.93. The number of carbonyl (C=O) groups excluding carboxylic acids is 2. The molecule has 3 rings (SSSR count). The molecule has 0 unspecified atom stereocenters. The number of hydrogen-bond donors (Lipinski definition) is 1. The second kappa shape index (κ2) is 8.16. The van der Waals surface area contributed by atoms with Crippen LogP contribution >= 0.6 is 0 Å². The zero-order valence-electron chi connectivity index (χ0n) is 16.5. The van der Waals surface area contributed by atoms with Gasteiger partial charge in [0.25, 0.3) is 5.91 Å². The van der Waals surface area contributed by atoms with Gasteiger partial charge in [-0.05, 0) is 37.5 Å². The van der Waals surface area contributed by atoms with E-state index in [2.05, 4.69) is 10.3 Å². The van der Waals surface area contributed by atoms with Gasteiger partial charge in [-0.15, -0.1) is 0 Å². The third kappa shape index (κ3) is 3.71. The minimum absolute atomic E-state index is 0.159. The molecule has 1 aliphatic heterocycles. The lowest BCUT2D eigenvalue weighted by molar-refractivity contribution is 0.0400. The first-order valence-electron chi connectivity index (χ1n) is 9.01. The molecule has 0 bridgehead atoms. The van der Waals surface area contributed by atoms with E-state index in [1.54, 1.807) is 12.1 Å². The molecular weight excluding hydrogens is 360 g/mol. The Bertz CT molecular complexity index is 880. The van der Waals surface area contributed by atoms with E-state index < -0.39 is 0 Å². The van der Waals surface area contributed by atoms with Crippen molar-refractivity contribution in [2.75, 3.05) is 32.6 Å². The number of methoxy groups -OCH3 is 2. The number of anilines is 1. The highest BCUT2D eigenvalue weighted by molar-refractivity contribution is 5.99. The van der Waals surface area contributed by atoms with Crippen molar-refractivity contribution in [1.29, 1.82) is 0 Å². The second-order valence-electron chi connectivity index (χ2n) is 6.51. The van der Waals surface area contributed by atoms with Crippen molar-refractivity contribution in [3.63, 3.8) is 0 Å². The number of amides is 3. The fourth-order valence-corrected chi connectivity index (χ4v) is 3.21. The van der Waals surface area contributed by atoms with Gasteiger partial charge in [0.2, 0.25) is 11.8 Å². The zero-order chi connectivity index (χ0) is 20.3. The van der Waals surface area contributed by atoms with Crippen LogP contribution in [0.5, 0.6) is 11.8 Å². The average molecular weight is 384 g/mol. The molecule has 3 amide bonds. The molecule has 8 heteroatoms. The molecule has 1 aromatic carbocycles. The third-order valence-electron chi connectivity index (χ3n) is 4.68. The van der Waals surface area contributed by atoms with Crippen LogP contribution in [0, 0.1) is 13.8 Å². The average Bonchev–Trinajstić information content (AvgIpc) is 3.19. The number of nitrogens with zero attached hydrogens (tertiary/aromatic N) is 3. The van der Waals surface area contributed by atoms with Crippen LogP contribution in [-0.4, -0.2) is 54.2 Å². The Hall–Kier alpha value is -3.29. The van der Waals surface area contributed by atoms with Gasteiger partial charge >= 0.3 is 6.03 Å². The minimum atomic E-state index is -0.346. The number of pyridine rings is 1. The van der Waals surface area contributed by atoms with Crippen LogP contribution in [0.1, 0.15) is 27.9 Å². The number of benzene rings is 1. The molecule has 1 fully saturated rings. The topological polar surface area (TPSA) is 84.0 Å². The summed E-state index contributed by atoms with van der Waals surface area (Å²) >= 11 is 0. The van der Waals surface area contributed by atoms with Gasteiger partial charge in [-0.3, -0.25) is 4.79 Å². The second-order valence-corrected chi connectivity index (χ2v) is 6.51. The fourth-order valence-electron chi connectivity index (χ4n) is 3.21. The van der Waals surface area contributed by atoms with E-state index in [0.717, 1.165) is 16.8 Å². The Morgan fingerprint density at radius 2 is 1.68 bits per heavy atom. The lowest BCUT2D eigenvalue weighted by atomic mass is 10.1. The van der Waals surface area contributed by atoms with Gasteiger partial charge in [-0.2, -0.15) is 4.98 Å². The molecule has 1 aliphatic rings. The molecule has 0 aliphatic carbocycles. The van der Waals surface area contributed by atoms with Crippen molar-refractivity contribution in [2.45, 2.75) is 20.3 Å². The van der Waals surface area contributed by atoms with Gasteiger partial charge in [0.05, 0.1) is 14.2 Å². The maximum absolute atomic E-state index is 13.1. The van der Waals surface area contributed by atoms with Crippen LogP contribution in [0.15, 0.2) is 30.3 Å². The standard InChI is InChI=1S/C20H24N4O4/c1-13-7-5-8-14(2)17(13)22-20(26)24-12-6-11-23(24)19(25)15-9-10-16(27-3)21-18(15)28-4/h5,7-10H,6,11-12H2,1-4H3,(H,22,26). The van der Waals surface area contributed by atoms with Gasteiger partial charge in [0, 0.05) is 24.8 Å². The third-order valence-corrected chi connectivity index (χ3v) is 4.68. The highest BCUT2D eigenvalue weighted by Gasteiger charge is 2.33. The Morgan fingerprint density at radius 1 is 1.00 bits per heavy atom. The summed E-state index contributed by atoms with van der Waals surface area (Å²) in [6, 6.07) is 8.64. The van der Waals surface area contributed by atoms with E-state index in [-0.39, 0.29) is 23.4 Å². The van der Waals surface area contributed by atoms with E-state index in [0.29, 0.717) is 25.4 Å². The molecule has 28 heavy (non-hydrogen) atoms.